The molecule has 2 aromatic carbocycles. The van der Waals surface area contributed by atoms with Crippen LogP contribution < -0.4 is 10.9 Å². The average Bonchev–Trinajstić information content (AvgIpc) is 2.64. The smallest absolute Gasteiger partial charge is 0.257 e. The van der Waals surface area contributed by atoms with Gasteiger partial charge in [0.25, 0.3) is 11.5 Å². The van der Waals surface area contributed by atoms with E-state index in [-0.39, 0.29) is 11.5 Å². The number of amides is 1. The predicted molar refractivity (Wildman–Crippen MR) is 109 cm³/mol. The fourth-order valence-electron chi connectivity index (χ4n) is 2.95. The average molecular weight is 360 g/mol. The number of aromatic nitrogens is 1. The molecule has 4 heteroatoms. The van der Waals surface area contributed by atoms with Crippen LogP contribution in [0, 0.1) is 6.92 Å². The molecule has 0 aliphatic rings. The molecule has 0 saturated heterocycles. The van der Waals surface area contributed by atoms with E-state index in [2.05, 4.69) is 19.2 Å². The van der Waals surface area contributed by atoms with Crippen LogP contribution in [0.3, 0.4) is 0 Å². The number of carbonyl (C=O) groups excluding carboxylic acids is 1. The number of nitrogens with one attached hydrogen (secondary N) is 1. The Morgan fingerprint density at radius 1 is 1.04 bits per heavy atom. The van der Waals surface area contributed by atoms with Crippen LogP contribution in [0.2, 0.25) is 0 Å². The molecule has 4 nitrogen and oxygen atoms in total. The van der Waals surface area contributed by atoms with E-state index in [1.165, 1.54) is 11.6 Å². The van der Waals surface area contributed by atoms with E-state index >= 15 is 0 Å². The van der Waals surface area contributed by atoms with Crippen LogP contribution in [-0.4, -0.2) is 10.5 Å². The third-order valence-electron chi connectivity index (χ3n) is 4.52. The van der Waals surface area contributed by atoms with Gasteiger partial charge >= 0.3 is 0 Å². The van der Waals surface area contributed by atoms with E-state index in [9.17, 15) is 9.59 Å². The molecule has 1 amide bonds. The highest BCUT2D eigenvalue weighted by Crippen LogP contribution is 2.17. The topological polar surface area (TPSA) is 51.1 Å². The summed E-state index contributed by atoms with van der Waals surface area (Å²) in [6.07, 6.45) is 1.61. The minimum absolute atomic E-state index is 0.130. The van der Waals surface area contributed by atoms with Crippen molar-refractivity contribution in [3.8, 4) is 0 Å². The van der Waals surface area contributed by atoms with E-state index in [1.807, 2.05) is 55.5 Å². The summed E-state index contributed by atoms with van der Waals surface area (Å²) < 4.78 is 1.56. The van der Waals surface area contributed by atoms with Crippen molar-refractivity contribution in [1.82, 2.24) is 4.57 Å². The van der Waals surface area contributed by atoms with Crippen molar-refractivity contribution in [3.63, 3.8) is 0 Å². The molecular weight excluding hydrogens is 336 g/mol. The summed E-state index contributed by atoms with van der Waals surface area (Å²) in [5, 5.41) is 2.89. The Hall–Kier alpha value is -3.14. The maximum Gasteiger partial charge on any atom is 0.257 e. The van der Waals surface area contributed by atoms with Gasteiger partial charge in [0.05, 0.1) is 12.1 Å². The molecule has 0 fully saturated rings. The second-order valence-electron chi connectivity index (χ2n) is 7.10. The first-order valence-corrected chi connectivity index (χ1v) is 9.10. The van der Waals surface area contributed by atoms with Crippen LogP contribution in [-0.2, 0) is 6.54 Å². The molecule has 3 rings (SSSR count). The molecule has 138 valence electrons. The lowest BCUT2D eigenvalue weighted by atomic mass is 10.0. The zero-order chi connectivity index (χ0) is 19.4. The first-order valence-electron chi connectivity index (χ1n) is 9.10. The largest absolute Gasteiger partial charge is 0.322 e. The molecule has 0 aliphatic carbocycles. The number of aryl methyl sites for hydroxylation is 1. The van der Waals surface area contributed by atoms with E-state index < -0.39 is 0 Å². The third kappa shape index (κ3) is 4.73. The molecule has 0 spiro atoms. The van der Waals surface area contributed by atoms with Crippen LogP contribution in [0.5, 0.6) is 0 Å². The van der Waals surface area contributed by atoms with Crippen LogP contribution >= 0.6 is 0 Å². The molecule has 0 atom stereocenters. The molecule has 1 aromatic heterocycles. The second kappa shape index (κ2) is 8.04. The van der Waals surface area contributed by atoms with Crippen LogP contribution in [0.25, 0.3) is 0 Å². The van der Waals surface area contributed by atoms with Crippen molar-refractivity contribution in [3.05, 3.63) is 99.5 Å². The quantitative estimate of drug-likeness (QED) is 0.724. The van der Waals surface area contributed by atoms with Gasteiger partial charge in [0.2, 0.25) is 0 Å². The molecule has 0 unspecified atom stereocenters. The number of rotatable bonds is 5. The summed E-state index contributed by atoms with van der Waals surface area (Å²) >= 11 is 0. The maximum atomic E-state index is 12.6. The summed E-state index contributed by atoms with van der Waals surface area (Å²) in [6.45, 7) is 6.71. The summed E-state index contributed by atoms with van der Waals surface area (Å²) in [5.41, 5.74) is 4.45. The van der Waals surface area contributed by atoms with Crippen molar-refractivity contribution in [1.29, 1.82) is 0 Å². The zero-order valence-corrected chi connectivity index (χ0v) is 15.9. The summed E-state index contributed by atoms with van der Waals surface area (Å²) in [7, 11) is 0. The fourth-order valence-corrected chi connectivity index (χ4v) is 2.95. The van der Waals surface area contributed by atoms with Crippen LogP contribution in [0.4, 0.5) is 5.69 Å². The lowest BCUT2D eigenvalue weighted by molar-refractivity contribution is 0.102. The van der Waals surface area contributed by atoms with Crippen molar-refractivity contribution in [2.45, 2.75) is 33.2 Å². The molecule has 0 bridgehead atoms. The fraction of sp³-hybridized carbons (Fsp3) is 0.217. The zero-order valence-electron chi connectivity index (χ0n) is 15.9. The van der Waals surface area contributed by atoms with Gasteiger partial charge in [0.1, 0.15) is 0 Å². The Kier molecular flexibility index (Phi) is 5.55. The number of nitrogens with zero attached hydrogens (tertiary/aromatic N) is 1. The van der Waals surface area contributed by atoms with E-state index in [1.54, 1.807) is 16.8 Å². The number of pyridine rings is 1. The van der Waals surface area contributed by atoms with Crippen molar-refractivity contribution < 1.29 is 4.79 Å². The first-order chi connectivity index (χ1) is 12.9. The summed E-state index contributed by atoms with van der Waals surface area (Å²) in [4.78, 5) is 24.8. The molecule has 0 aliphatic heterocycles. The Bertz CT molecular complexity index is 1000. The summed E-state index contributed by atoms with van der Waals surface area (Å²) in [5.74, 6) is 0.213. The number of carbonyl (C=O) groups is 1. The van der Waals surface area contributed by atoms with E-state index in [4.69, 9.17) is 0 Å². The molecular formula is C23H24N2O2. The van der Waals surface area contributed by atoms with Gasteiger partial charge in [-0.3, -0.25) is 9.59 Å². The number of anilines is 1. The summed E-state index contributed by atoms with van der Waals surface area (Å²) in [6, 6.07) is 18.8. The van der Waals surface area contributed by atoms with Gasteiger partial charge < -0.3 is 9.88 Å². The molecule has 3 aromatic rings. The molecule has 1 N–H and O–H groups in total. The van der Waals surface area contributed by atoms with Crippen molar-refractivity contribution in [2.24, 2.45) is 0 Å². The maximum absolute atomic E-state index is 12.6. The predicted octanol–water partition coefficient (Wildman–Crippen LogP) is 4.58. The van der Waals surface area contributed by atoms with Gasteiger partial charge in [-0.05, 0) is 42.2 Å². The second-order valence-corrected chi connectivity index (χ2v) is 7.10. The highest BCUT2D eigenvalue weighted by Gasteiger charge is 2.09. The minimum Gasteiger partial charge on any atom is -0.322 e. The normalized spacial score (nSPS) is 10.8. The van der Waals surface area contributed by atoms with Gasteiger partial charge in [-0.15, -0.1) is 0 Å². The molecule has 1 heterocycles. The van der Waals surface area contributed by atoms with Gasteiger partial charge in [-0.1, -0.05) is 55.8 Å². The van der Waals surface area contributed by atoms with Crippen molar-refractivity contribution in [2.75, 3.05) is 5.32 Å². The number of benzene rings is 2. The molecule has 0 radical (unpaired) electrons. The van der Waals surface area contributed by atoms with Crippen molar-refractivity contribution >= 4 is 11.6 Å². The van der Waals surface area contributed by atoms with E-state index in [0.29, 0.717) is 18.0 Å². The minimum atomic E-state index is -0.231. The molecule has 0 saturated carbocycles. The number of hydrogen-bond acceptors (Lipinski definition) is 2. The Morgan fingerprint density at radius 2 is 1.78 bits per heavy atom. The van der Waals surface area contributed by atoms with Gasteiger partial charge in [-0.25, -0.2) is 0 Å². The van der Waals surface area contributed by atoms with E-state index in [0.717, 1.165) is 16.8 Å². The Labute approximate surface area is 159 Å². The Balaban J connectivity index is 1.78. The monoisotopic (exact) mass is 360 g/mol. The third-order valence-corrected chi connectivity index (χ3v) is 4.52. The Morgan fingerprint density at radius 3 is 2.44 bits per heavy atom. The van der Waals surface area contributed by atoms with Crippen LogP contribution in [0.15, 0.2) is 71.7 Å². The lowest BCUT2D eigenvalue weighted by Crippen LogP contribution is -2.22. The first kappa shape index (κ1) is 18.6. The van der Waals surface area contributed by atoms with Crippen LogP contribution in [0.1, 0.15) is 46.8 Å². The SMILES string of the molecule is Cc1cccc(Cn2cc(C(=O)Nc3ccc(C(C)C)cc3)ccc2=O)c1. The highest BCUT2D eigenvalue weighted by molar-refractivity contribution is 6.04. The lowest BCUT2D eigenvalue weighted by Gasteiger charge is -2.11. The number of hydrogen-bond donors (Lipinski definition) is 1. The highest BCUT2D eigenvalue weighted by atomic mass is 16.2. The van der Waals surface area contributed by atoms with Gasteiger partial charge in [0.15, 0.2) is 0 Å². The van der Waals surface area contributed by atoms with Gasteiger partial charge in [-0.2, -0.15) is 0 Å². The standard InChI is InChI=1S/C23H24N2O2/c1-16(2)19-7-10-21(11-8-19)24-23(27)20-9-12-22(26)25(15-20)14-18-6-4-5-17(3)13-18/h4-13,15-16H,14H2,1-3H3,(H,24,27). The molecule has 27 heavy (non-hydrogen) atoms. The van der Waals surface area contributed by atoms with Gasteiger partial charge in [0, 0.05) is 18.0 Å².